The predicted octanol–water partition coefficient (Wildman–Crippen LogP) is 3.33. The van der Waals surface area contributed by atoms with E-state index in [1.54, 1.807) is 30.3 Å². The molecule has 6 nitrogen and oxygen atoms in total. The van der Waals surface area contributed by atoms with Gasteiger partial charge in [0.1, 0.15) is 12.4 Å². The van der Waals surface area contributed by atoms with E-state index in [0.29, 0.717) is 23.5 Å². The molecule has 1 unspecified atom stereocenters. The molecule has 3 rings (SSSR count). The van der Waals surface area contributed by atoms with Gasteiger partial charge >= 0.3 is 0 Å². The summed E-state index contributed by atoms with van der Waals surface area (Å²) in [5, 5.41) is 9.12. The Labute approximate surface area is 152 Å². The van der Waals surface area contributed by atoms with Crippen LogP contribution in [0.25, 0.3) is 0 Å². The molecule has 1 amide bonds. The van der Waals surface area contributed by atoms with Gasteiger partial charge in [-0.3, -0.25) is 4.79 Å². The van der Waals surface area contributed by atoms with Gasteiger partial charge in [-0.25, -0.2) is 10.3 Å². The van der Waals surface area contributed by atoms with Crippen LogP contribution in [0.2, 0.25) is 0 Å². The largest absolute Gasteiger partial charge is 0.489 e. The highest BCUT2D eigenvalue weighted by Gasteiger charge is 2.16. The number of amides is 1. The summed E-state index contributed by atoms with van der Waals surface area (Å²) in [6.45, 7) is 0.898. The lowest BCUT2D eigenvalue weighted by Gasteiger charge is -2.22. The summed E-state index contributed by atoms with van der Waals surface area (Å²) in [7, 11) is 0. The van der Waals surface area contributed by atoms with Gasteiger partial charge in [0.2, 0.25) is 0 Å². The van der Waals surface area contributed by atoms with Gasteiger partial charge in [-0.05, 0) is 37.1 Å². The lowest BCUT2D eigenvalue weighted by atomic mass is 10.1. The fourth-order valence-electron chi connectivity index (χ4n) is 2.63. The van der Waals surface area contributed by atoms with E-state index in [1.165, 1.54) is 0 Å². The average Bonchev–Trinajstić information content (AvgIpc) is 2.71. The van der Waals surface area contributed by atoms with Crippen molar-refractivity contribution in [2.45, 2.75) is 32.2 Å². The van der Waals surface area contributed by atoms with Crippen molar-refractivity contribution in [3.8, 4) is 11.8 Å². The SMILES string of the molecule is N#Cc1ccccc1COc1cccc(C(=O)NOC2CCCCO2)c1. The lowest BCUT2D eigenvalue weighted by Crippen LogP contribution is -2.33. The molecule has 1 N–H and O–H groups in total. The van der Waals surface area contributed by atoms with Crippen molar-refractivity contribution in [3.05, 3.63) is 65.2 Å². The molecule has 2 aromatic rings. The fourth-order valence-corrected chi connectivity index (χ4v) is 2.63. The van der Waals surface area contributed by atoms with Crippen LogP contribution in [0.3, 0.4) is 0 Å². The highest BCUT2D eigenvalue weighted by atomic mass is 16.8. The number of benzene rings is 2. The molecule has 2 aromatic carbocycles. The topological polar surface area (TPSA) is 80.6 Å². The van der Waals surface area contributed by atoms with E-state index in [9.17, 15) is 4.79 Å². The number of carbonyl (C=O) groups is 1. The molecular formula is C20H20N2O4. The van der Waals surface area contributed by atoms with Gasteiger partial charge in [-0.2, -0.15) is 5.26 Å². The molecule has 1 aliphatic heterocycles. The van der Waals surface area contributed by atoms with Gasteiger partial charge in [-0.1, -0.05) is 24.3 Å². The Kier molecular flexibility index (Phi) is 6.20. The molecule has 0 aliphatic carbocycles. The minimum absolute atomic E-state index is 0.251. The first-order valence-corrected chi connectivity index (χ1v) is 8.55. The average molecular weight is 352 g/mol. The minimum atomic E-state index is -0.394. The second kappa shape index (κ2) is 8.99. The van der Waals surface area contributed by atoms with Gasteiger partial charge < -0.3 is 9.47 Å². The number of hydrogen-bond acceptors (Lipinski definition) is 5. The highest BCUT2D eigenvalue weighted by molar-refractivity contribution is 5.93. The van der Waals surface area contributed by atoms with E-state index >= 15 is 0 Å². The monoisotopic (exact) mass is 352 g/mol. The van der Waals surface area contributed by atoms with Crippen molar-refractivity contribution in [2.24, 2.45) is 0 Å². The van der Waals surface area contributed by atoms with Gasteiger partial charge in [0, 0.05) is 24.2 Å². The summed E-state index contributed by atoms with van der Waals surface area (Å²) in [6.07, 6.45) is 2.41. The zero-order valence-electron chi connectivity index (χ0n) is 14.3. The maximum absolute atomic E-state index is 12.2. The van der Waals surface area contributed by atoms with E-state index in [-0.39, 0.29) is 12.5 Å². The Morgan fingerprint density at radius 3 is 2.92 bits per heavy atom. The molecule has 0 aromatic heterocycles. The number of nitrogens with zero attached hydrogens (tertiary/aromatic N) is 1. The number of ether oxygens (including phenoxy) is 2. The zero-order chi connectivity index (χ0) is 18.2. The fraction of sp³-hybridized carbons (Fsp3) is 0.300. The smallest absolute Gasteiger partial charge is 0.275 e. The van der Waals surface area contributed by atoms with Crippen LogP contribution in [-0.4, -0.2) is 18.8 Å². The Bertz CT molecular complexity index is 794. The van der Waals surface area contributed by atoms with Crippen LogP contribution in [0.5, 0.6) is 5.75 Å². The molecule has 0 spiro atoms. The molecular weight excluding hydrogens is 332 g/mol. The quantitative estimate of drug-likeness (QED) is 0.807. The van der Waals surface area contributed by atoms with Crippen molar-refractivity contribution in [3.63, 3.8) is 0 Å². The van der Waals surface area contributed by atoms with E-state index < -0.39 is 6.29 Å². The third kappa shape index (κ3) is 4.82. The number of carbonyl (C=O) groups excluding carboxylic acids is 1. The number of hydrogen-bond donors (Lipinski definition) is 1. The zero-order valence-corrected chi connectivity index (χ0v) is 14.3. The van der Waals surface area contributed by atoms with Gasteiger partial charge in [-0.15, -0.1) is 0 Å². The molecule has 6 heteroatoms. The van der Waals surface area contributed by atoms with Crippen molar-refractivity contribution in [2.75, 3.05) is 6.61 Å². The molecule has 1 fully saturated rings. The van der Waals surface area contributed by atoms with Crippen LogP contribution in [0.1, 0.15) is 40.7 Å². The second-order valence-corrected chi connectivity index (χ2v) is 5.93. The van der Waals surface area contributed by atoms with Crippen molar-refractivity contribution >= 4 is 5.91 Å². The molecule has 0 bridgehead atoms. The summed E-state index contributed by atoms with van der Waals surface area (Å²) >= 11 is 0. The molecule has 0 saturated carbocycles. The number of nitrogens with one attached hydrogen (secondary N) is 1. The number of rotatable bonds is 6. The first-order chi connectivity index (χ1) is 12.8. The minimum Gasteiger partial charge on any atom is -0.489 e. The number of nitriles is 1. The lowest BCUT2D eigenvalue weighted by molar-refractivity contribution is -0.186. The molecule has 1 heterocycles. The number of hydroxylamine groups is 1. The van der Waals surface area contributed by atoms with Crippen LogP contribution in [0.15, 0.2) is 48.5 Å². The van der Waals surface area contributed by atoms with Crippen molar-refractivity contribution in [1.29, 1.82) is 5.26 Å². The van der Waals surface area contributed by atoms with Crippen LogP contribution in [0.4, 0.5) is 0 Å². The first-order valence-electron chi connectivity index (χ1n) is 8.55. The second-order valence-electron chi connectivity index (χ2n) is 5.93. The summed E-state index contributed by atoms with van der Waals surface area (Å²) in [6, 6.07) is 16.2. The maximum Gasteiger partial charge on any atom is 0.275 e. The molecule has 26 heavy (non-hydrogen) atoms. The Balaban J connectivity index is 1.57. The van der Waals surface area contributed by atoms with Crippen LogP contribution in [-0.2, 0) is 16.2 Å². The van der Waals surface area contributed by atoms with Gasteiger partial charge in [0.25, 0.3) is 5.91 Å². The van der Waals surface area contributed by atoms with E-state index in [1.807, 2.05) is 18.2 Å². The first kappa shape index (κ1) is 17.9. The predicted molar refractivity (Wildman–Crippen MR) is 94.1 cm³/mol. The van der Waals surface area contributed by atoms with E-state index in [0.717, 1.165) is 24.8 Å². The highest BCUT2D eigenvalue weighted by Crippen LogP contribution is 2.17. The van der Waals surface area contributed by atoms with Crippen LogP contribution in [0, 0.1) is 11.3 Å². The van der Waals surface area contributed by atoms with Crippen LogP contribution >= 0.6 is 0 Å². The van der Waals surface area contributed by atoms with Crippen molar-refractivity contribution < 1.29 is 19.1 Å². The van der Waals surface area contributed by atoms with Gasteiger partial charge in [0.15, 0.2) is 6.29 Å². The van der Waals surface area contributed by atoms with Crippen LogP contribution < -0.4 is 10.2 Å². The third-order valence-electron chi connectivity index (χ3n) is 4.05. The van der Waals surface area contributed by atoms with E-state index in [2.05, 4.69) is 11.5 Å². The third-order valence-corrected chi connectivity index (χ3v) is 4.05. The molecule has 1 saturated heterocycles. The maximum atomic E-state index is 12.2. The Morgan fingerprint density at radius 2 is 2.12 bits per heavy atom. The van der Waals surface area contributed by atoms with Gasteiger partial charge in [0.05, 0.1) is 11.6 Å². The van der Waals surface area contributed by atoms with E-state index in [4.69, 9.17) is 19.6 Å². The molecule has 1 atom stereocenters. The summed E-state index contributed by atoms with van der Waals surface area (Å²) in [4.78, 5) is 17.5. The van der Waals surface area contributed by atoms with Crippen molar-refractivity contribution in [1.82, 2.24) is 5.48 Å². The molecule has 0 radical (unpaired) electrons. The Hall–Kier alpha value is -2.88. The summed E-state index contributed by atoms with van der Waals surface area (Å²) in [5.41, 5.74) is 4.21. The summed E-state index contributed by atoms with van der Waals surface area (Å²) < 4.78 is 11.1. The normalized spacial score (nSPS) is 16.5. The standard InChI is InChI=1S/C20H20N2O4/c21-13-16-6-1-2-7-17(16)14-25-18-9-5-8-15(12-18)20(23)22-26-19-10-3-4-11-24-19/h1-2,5-9,12,19H,3-4,10-11,14H2,(H,22,23). The molecule has 1 aliphatic rings. The Morgan fingerprint density at radius 1 is 1.23 bits per heavy atom. The summed E-state index contributed by atoms with van der Waals surface area (Å²) in [5.74, 6) is 0.182. The molecule has 134 valence electrons.